The van der Waals surface area contributed by atoms with E-state index in [2.05, 4.69) is 5.32 Å². The van der Waals surface area contributed by atoms with Crippen LogP contribution in [0.2, 0.25) is 0 Å². The van der Waals surface area contributed by atoms with Gasteiger partial charge in [0, 0.05) is 17.1 Å². The summed E-state index contributed by atoms with van der Waals surface area (Å²) in [5, 5.41) is 12.7. The third kappa shape index (κ3) is 2.42. The molecule has 0 heterocycles. The first kappa shape index (κ1) is 11.1. The molecule has 0 aliphatic carbocycles. The number of phenols is 1. The number of anilines is 4. The third-order valence-corrected chi connectivity index (χ3v) is 2.58. The van der Waals surface area contributed by atoms with Crippen molar-refractivity contribution in [1.29, 1.82) is 0 Å². The maximum atomic E-state index is 9.67. The van der Waals surface area contributed by atoms with Crippen molar-refractivity contribution in [1.82, 2.24) is 0 Å². The summed E-state index contributed by atoms with van der Waals surface area (Å²) in [6.45, 7) is 1.94. The van der Waals surface area contributed by atoms with Crippen LogP contribution in [0.3, 0.4) is 0 Å². The minimum absolute atomic E-state index is 0.151. The van der Waals surface area contributed by atoms with E-state index in [4.69, 9.17) is 11.5 Å². The van der Waals surface area contributed by atoms with Crippen LogP contribution in [0, 0.1) is 6.92 Å². The van der Waals surface area contributed by atoms with E-state index in [1.54, 1.807) is 18.2 Å². The average Bonchev–Trinajstić information content (AvgIpc) is 2.29. The van der Waals surface area contributed by atoms with E-state index in [-0.39, 0.29) is 5.75 Å². The smallest absolute Gasteiger partial charge is 0.139 e. The molecule has 17 heavy (non-hydrogen) atoms. The summed E-state index contributed by atoms with van der Waals surface area (Å²) < 4.78 is 0. The fourth-order valence-corrected chi connectivity index (χ4v) is 1.53. The minimum atomic E-state index is 0.151. The predicted octanol–water partition coefficient (Wildman–Crippen LogP) is 2.61. The van der Waals surface area contributed by atoms with Gasteiger partial charge in [0.25, 0.3) is 0 Å². The number of nitrogens with one attached hydrogen (secondary N) is 1. The first-order chi connectivity index (χ1) is 8.06. The molecule has 0 amide bonds. The van der Waals surface area contributed by atoms with Crippen LogP contribution < -0.4 is 16.8 Å². The molecule has 0 unspecified atom stereocenters. The number of benzene rings is 2. The Morgan fingerprint density at radius 1 is 1.06 bits per heavy atom. The Balaban J connectivity index is 2.31. The van der Waals surface area contributed by atoms with E-state index in [0.717, 1.165) is 11.3 Å². The topological polar surface area (TPSA) is 84.3 Å². The Morgan fingerprint density at radius 3 is 2.53 bits per heavy atom. The van der Waals surface area contributed by atoms with Gasteiger partial charge in [-0.25, -0.2) is 0 Å². The van der Waals surface area contributed by atoms with Crippen molar-refractivity contribution in [2.75, 3.05) is 16.8 Å². The van der Waals surface area contributed by atoms with Gasteiger partial charge in [0.05, 0.1) is 5.69 Å². The van der Waals surface area contributed by atoms with Gasteiger partial charge in [0.2, 0.25) is 0 Å². The molecule has 0 bridgehead atoms. The van der Waals surface area contributed by atoms with E-state index < -0.39 is 0 Å². The Kier molecular flexibility index (Phi) is 2.78. The van der Waals surface area contributed by atoms with Crippen LogP contribution in [-0.4, -0.2) is 5.11 Å². The quantitative estimate of drug-likeness (QED) is 0.362. The first-order valence-electron chi connectivity index (χ1n) is 5.28. The molecule has 4 heteroatoms. The standard InChI is InChI=1S/C13H15N3O/c1-8-2-4-10(7-11(8)15)16-12-6-9(14)3-5-13(12)17/h2-7,16-17H,14-15H2,1H3. The lowest BCUT2D eigenvalue weighted by Gasteiger charge is -2.10. The predicted molar refractivity (Wildman–Crippen MR) is 71.4 cm³/mol. The lowest BCUT2D eigenvalue weighted by molar-refractivity contribution is 0.478. The van der Waals surface area contributed by atoms with Gasteiger partial charge in [0.15, 0.2) is 0 Å². The monoisotopic (exact) mass is 229 g/mol. The second-order valence-corrected chi connectivity index (χ2v) is 3.97. The molecule has 0 saturated heterocycles. The highest BCUT2D eigenvalue weighted by molar-refractivity contribution is 5.71. The van der Waals surface area contributed by atoms with Gasteiger partial charge in [-0.15, -0.1) is 0 Å². The average molecular weight is 229 g/mol. The van der Waals surface area contributed by atoms with Crippen molar-refractivity contribution in [3.05, 3.63) is 42.0 Å². The molecule has 0 atom stereocenters. The molecule has 4 nitrogen and oxygen atoms in total. The molecule has 88 valence electrons. The van der Waals surface area contributed by atoms with Crippen molar-refractivity contribution >= 4 is 22.7 Å². The molecule has 0 aliphatic rings. The van der Waals surface area contributed by atoms with Crippen LogP contribution in [0.15, 0.2) is 36.4 Å². The van der Waals surface area contributed by atoms with E-state index in [1.165, 1.54) is 0 Å². The van der Waals surface area contributed by atoms with Crippen LogP contribution >= 0.6 is 0 Å². The molecule has 0 fully saturated rings. The van der Waals surface area contributed by atoms with Crippen LogP contribution in [-0.2, 0) is 0 Å². The van der Waals surface area contributed by atoms with E-state index in [0.29, 0.717) is 17.1 Å². The van der Waals surface area contributed by atoms with Crippen LogP contribution in [0.25, 0.3) is 0 Å². The zero-order valence-electron chi connectivity index (χ0n) is 9.57. The molecule has 6 N–H and O–H groups in total. The van der Waals surface area contributed by atoms with E-state index >= 15 is 0 Å². The largest absolute Gasteiger partial charge is 0.506 e. The number of hydrogen-bond donors (Lipinski definition) is 4. The third-order valence-electron chi connectivity index (χ3n) is 2.58. The normalized spacial score (nSPS) is 10.2. The molecule has 0 saturated carbocycles. The molecular formula is C13H15N3O. The fraction of sp³-hybridized carbons (Fsp3) is 0.0769. The van der Waals surface area contributed by atoms with Gasteiger partial charge >= 0.3 is 0 Å². The van der Waals surface area contributed by atoms with Gasteiger partial charge in [-0.2, -0.15) is 0 Å². The maximum absolute atomic E-state index is 9.67. The molecule has 0 spiro atoms. The fourth-order valence-electron chi connectivity index (χ4n) is 1.53. The van der Waals surface area contributed by atoms with Gasteiger partial charge in [-0.1, -0.05) is 6.07 Å². The number of aromatic hydroxyl groups is 1. The Labute approximate surface area is 99.9 Å². The molecule has 0 radical (unpaired) electrons. The van der Waals surface area contributed by atoms with Crippen LogP contribution in [0.5, 0.6) is 5.75 Å². The highest BCUT2D eigenvalue weighted by Crippen LogP contribution is 2.29. The van der Waals surface area contributed by atoms with Crippen molar-refractivity contribution in [3.8, 4) is 5.75 Å². The number of rotatable bonds is 2. The summed E-state index contributed by atoms with van der Waals surface area (Å²) in [6, 6.07) is 10.5. The highest BCUT2D eigenvalue weighted by atomic mass is 16.3. The van der Waals surface area contributed by atoms with Crippen molar-refractivity contribution in [2.45, 2.75) is 6.92 Å². The summed E-state index contributed by atoms with van der Waals surface area (Å²) in [5.74, 6) is 0.151. The SMILES string of the molecule is Cc1ccc(Nc2cc(N)ccc2O)cc1N. The Morgan fingerprint density at radius 2 is 1.82 bits per heavy atom. The summed E-state index contributed by atoms with van der Waals surface area (Å²) in [6.07, 6.45) is 0. The molecular weight excluding hydrogens is 214 g/mol. The lowest BCUT2D eigenvalue weighted by Crippen LogP contribution is -1.95. The minimum Gasteiger partial charge on any atom is -0.506 e. The van der Waals surface area contributed by atoms with Crippen molar-refractivity contribution < 1.29 is 5.11 Å². The van der Waals surface area contributed by atoms with Crippen molar-refractivity contribution in [2.24, 2.45) is 0 Å². The number of hydrogen-bond acceptors (Lipinski definition) is 4. The van der Waals surface area contributed by atoms with Gasteiger partial charge < -0.3 is 21.9 Å². The summed E-state index contributed by atoms with van der Waals surface area (Å²) >= 11 is 0. The number of aryl methyl sites for hydroxylation is 1. The second kappa shape index (κ2) is 4.25. The Bertz CT molecular complexity index is 552. The van der Waals surface area contributed by atoms with Crippen molar-refractivity contribution in [3.63, 3.8) is 0 Å². The maximum Gasteiger partial charge on any atom is 0.139 e. The number of nitrogen functional groups attached to an aromatic ring is 2. The molecule has 2 aromatic carbocycles. The molecule has 2 aromatic rings. The van der Waals surface area contributed by atoms with E-state index in [1.807, 2.05) is 25.1 Å². The molecule has 0 aromatic heterocycles. The molecule has 2 rings (SSSR count). The van der Waals surface area contributed by atoms with Crippen LogP contribution in [0.1, 0.15) is 5.56 Å². The van der Waals surface area contributed by atoms with Gasteiger partial charge in [-0.3, -0.25) is 0 Å². The number of phenolic OH excluding ortho intramolecular Hbond substituents is 1. The first-order valence-corrected chi connectivity index (χ1v) is 5.28. The number of nitrogens with two attached hydrogens (primary N) is 2. The van der Waals surface area contributed by atoms with E-state index in [9.17, 15) is 5.11 Å². The molecule has 0 aliphatic heterocycles. The summed E-state index contributed by atoms with van der Waals surface area (Å²) in [4.78, 5) is 0. The summed E-state index contributed by atoms with van der Waals surface area (Å²) in [5.41, 5.74) is 15.2. The van der Waals surface area contributed by atoms with Crippen LogP contribution in [0.4, 0.5) is 22.7 Å². The summed E-state index contributed by atoms with van der Waals surface area (Å²) in [7, 11) is 0. The zero-order valence-corrected chi connectivity index (χ0v) is 9.57. The zero-order chi connectivity index (χ0) is 12.4. The lowest BCUT2D eigenvalue weighted by atomic mass is 10.2. The van der Waals surface area contributed by atoms with Gasteiger partial charge in [-0.05, 0) is 42.8 Å². The van der Waals surface area contributed by atoms with Gasteiger partial charge in [0.1, 0.15) is 5.75 Å². The Hall–Kier alpha value is -2.36. The highest BCUT2D eigenvalue weighted by Gasteiger charge is 2.03. The second-order valence-electron chi connectivity index (χ2n) is 3.97.